The first-order chi connectivity index (χ1) is 11.5. The Morgan fingerprint density at radius 3 is 2.33 bits per heavy atom. The third-order valence-electron chi connectivity index (χ3n) is 4.27. The van der Waals surface area contributed by atoms with Crippen molar-refractivity contribution >= 4 is 15.9 Å². The van der Waals surface area contributed by atoms with Crippen LogP contribution in [0, 0.1) is 6.92 Å². The van der Waals surface area contributed by atoms with Gasteiger partial charge in [-0.3, -0.25) is 4.79 Å². The average molecular weight is 347 g/mol. The van der Waals surface area contributed by atoms with Crippen LogP contribution < -0.4 is 0 Å². The Labute approximate surface area is 142 Å². The fraction of sp³-hybridized carbons (Fsp3) is 0.353. The fourth-order valence-electron chi connectivity index (χ4n) is 2.79. The first-order valence-corrected chi connectivity index (χ1v) is 9.37. The summed E-state index contributed by atoms with van der Waals surface area (Å²) in [7, 11) is -3.49. The van der Waals surface area contributed by atoms with E-state index in [4.69, 9.17) is 0 Å². The lowest BCUT2D eigenvalue weighted by molar-refractivity contribution is -0.131. The molecule has 1 saturated heterocycles. The molecule has 1 amide bonds. The highest BCUT2D eigenvalue weighted by molar-refractivity contribution is 7.89. The van der Waals surface area contributed by atoms with Crippen molar-refractivity contribution in [3.63, 3.8) is 0 Å². The summed E-state index contributed by atoms with van der Waals surface area (Å²) in [5.74, 6) is 0.0296. The summed E-state index contributed by atoms with van der Waals surface area (Å²) in [6.45, 7) is 3.43. The van der Waals surface area contributed by atoms with Crippen LogP contribution in [-0.4, -0.2) is 54.7 Å². The molecule has 0 unspecified atom stereocenters. The average Bonchev–Trinajstić information content (AvgIpc) is 3.08. The van der Waals surface area contributed by atoms with Crippen molar-refractivity contribution in [3.05, 3.63) is 53.9 Å². The number of piperazine rings is 1. The Hall–Kier alpha value is -2.12. The lowest BCUT2D eigenvalue weighted by atomic mass is 10.2. The molecule has 0 radical (unpaired) electrons. The minimum absolute atomic E-state index is 0.0296. The molecule has 0 saturated carbocycles. The molecule has 24 heavy (non-hydrogen) atoms. The van der Waals surface area contributed by atoms with Gasteiger partial charge < -0.3 is 9.88 Å². The molecule has 2 aromatic rings. The molecule has 0 atom stereocenters. The van der Waals surface area contributed by atoms with Crippen LogP contribution in [0.4, 0.5) is 0 Å². The highest BCUT2D eigenvalue weighted by Gasteiger charge is 2.29. The van der Waals surface area contributed by atoms with E-state index in [1.165, 1.54) is 4.31 Å². The van der Waals surface area contributed by atoms with E-state index >= 15 is 0 Å². The maximum atomic E-state index is 12.6. The van der Waals surface area contributed by atoms with Crippen molar-refractivity contribution in [2.45, 2.75) is 18.2 Å². The molecule has 1 aliphatic heterocycles. The van der Waals surface area contributed by atoms with Crippen molar-refractivity contribution in [2.75, 3.05) is 26.2 Å². The van der Waals surface area contributed by atoms with Gasteiger partial charge in [0.2, 0.25) is 15.9 Å². The van der Waals surface area contributed by atoms with E-state index in [0.717, 1.165) is 11.1 Å². The highest BCUT2D eigenvalue weighted by Crippen LogP contribution is 2.18. The van der Waals surface area contributed by atoms with E-state index in [1.807, 2.05) is 13.0 Å². The number of rotatable bonds is 4. The van der Waals surface area contributed by atoms with Gasteiger partial charge >= 0.3 is 0 Å². The van der Waals surface area contributed by atoms with E-state index in [9.17, 15) is 13.2 Å². The monoisotopic (exact) mass is 347 g/mol. The van der Waals surface area contributed by atoms with Crippen LogP contribution in [0.15, 0.2) is 47.6 Å². The molecule has 2 heterocycles. The van der Waals surface area contributed by atoms with E-state index in [1.54, 1.807) is 41.6 Å². The zero-order valence-electron chi connectivity index (χ0n) is 13.6. The fourth-order valence-corrected chi connectivity index (χ4v) is 4.21. The maximum absolute atomic E-state index is 12.6. The number of carbonyl (C=O) groups excluding carboxylic acids is 1. The SMILES string of the molecule is Cc1ccc(S(=O)(=O)N2CCN(C(=O)Cc3cc[nH]c3)CC2)cc1. The van der Waals surface area contributed by atoms with E-state index in [-0.39, 0.29) is 5.91 Å². The van der Waals surface area contributed by atoms with Crippen LogP contribution in [0.25, 0.3) is 0 Å². The second-order valence-electron chi connectivity index (χ2n) is 5.99. The van der Waals surface area contributed by atoms with Gasteiger partial charge in [0.25, 0.3) is 0 Å². The van der Waals surface area contributed by atoms with Crippen LogP contribution >= 0.6 is 0 Å². The normalized spacial score (nSPS) is 16.3. The van der Waals surface area contributed by atoms with Crippen molar-refractivity contribution in [3.8, 4) is 0 Å². The molecule has 0 aliphatic carbocycles. The topological polar surface area (TPSA) is 73.5 Å². The Kier molecular flexibility index (Phi) is 4.73. The van der Waals surface area contributed by atoms with E-state index < -0.39 is 10.0 Å². The van der Waals surface area contributed by atoms with Gasteiger partial charge in [-0.25, -0.2) is 8.42 Å². The number of amides is 1. The number of nitrogens with one attached hydrogen (secondary N) is 1. The number of aromatic amines is 1. The second-order valence-corrected chi connectivity index (χ2v) is 7.93. The molecule has 3 rings (SSSR count). The number of benzene rings is 1. The van der Waals surface area contributed by atoms with Crippen LogP contribution in [0.1, 0.15) is 11.1 Å². The summed E-state index contributed by atoms with van der Waals surface area (Å²) in [4.78, 5) is 17.2. The van der Waals surface area contributed by atoms with Crippen LogP contribution in [0.3, 0.4) is 0 Å². The van der Waals surface area contributed by atoms with E-state index in [2.05, 4.69) is 4.98 Å². The summed E-state index contributed by atoms with van der Waals surface area (Å²) in [6, 6.07) is 8.73. The van der Waals surface area contributed by atoms with Gasteiger partial charge in [0.1, 0.15) is 0 Å². The van der Waals surface area contributed by atoms with Crippen LogP contribution in [0.5, 0.6) is 0 Å². The van der Waals surface area contributed by atoms with Gasteiger partial charge in [-0.15, -0.1) is 0 Å². The first kappa shape index (κ1) is 16.7. The molecule has 128 valence electrons. The molecule has 1 fully saturated rings. The third kappa shape index (κ3) is 3.52. The number of hydrogen-bond acceptors (Lipinski definition) is 3. The number of carbonyl (C=O) groups is 1. The van der Waals surface area contributed by atoms with Crippen molar-refractivity contribution in [1.29, 1.82) is 0 Å². The summed E-state index contributed by atoms with van der Waals surface area (Å²) in [5.41, 5.74) is 1.96. The number of nitrogens with zero attached hydrogens (tertiary/aromatic N) is 2. The van der Waals surface area contributed by atoms with Gasteiger partial charge in [-0.1, -0.05) is 17.7 Å². The standard InChI is InChI=1S/C17H21N3O3S/c1-14-2-4-16(5-3-14)24(22,23)20-10-8-19(9-11-20)17(21)12-15-6-7-18-13-15/h2-7,13,18H,8-12H2,1H3. The Morgan fingerprint density at radius 1 is 1.08 bits per heavy atom. The van der Waals surface area contributed by atoms with Crippen molar-refractivity contribution in [2.24, 2.45) is 0 Å². The number of hydrogen-bond donors (Lipinski definition) is 1. The van der Waals surface area contributed by atoms with Crippen molar-refractivity contribution < 1.29 is 13.2 Å². The minimum atomic E-state index is -3.49. The molecule has 1 aliphatic rings. The molecule has 1 N–H and O–H groups in total. The lowest BCUT2D eigenvalue weighted by Gasteiger charge is -2.34. The molecule has 0 bridgehead atoms. The first-order valence-electron chi connectivity index (χ1n) is 7.93. The van der Waals surface area contributed by atoms with Crippen LogP contribution in [-0.2, 0) is 21.2 Å². The molecular weight excluding hydrogens is 326 g/mol. The number of H-pyrrole nitrogens is 1. The number of aryl methyl sites for hydroxylation is 1. The quantitative estimate of drug-likeness (QED) is 0.908. The van der Waals surface area contributed by atoms with Gasteiger partial charge in [0.15, 0.2) is 0 Å². The van der Waals surface area contributed by atoms with Crippen LogP contribution in [0.2, 0.25) is 0 Å². The Bertz CT molecular complexity index is 790. The molecule has 0 spiro atoms. The van der Waals surface area contributed by atoms with Gasteiger partial charge in [0, 0.05) is 38.6 Å². The number of sulfonamides is 1. The molecule has 1 aromatic heterocycles. The Balaban J connectivity index is 1.62. The molecule has 7 heteroatoms. The Morgan fingerprint density at radius 2 is 1.75 bits per heavy atom. The zero-order chi connectivity index (χ0) is 17.2. The van der Waals surface area contributed by atoms with Gasteiger partial charge in [-0.2, -0.15) is 4.31 Å². The van der Waals surface area contributed by atoms with E-state index in [0.29, 0.717) is 37.5 Å². The smallest absolute Gasteiger partial charge is 0.243 e. The molecule has 1 aromatic carbocycles. The minimum Gasteiger partial charge on any atom is -0.367 e. The molecule has 6 nitrogen and oxygen atoms in total. The highest BCUT2D eigenvalue weighted by atomic mass is 32.2. The number of aromatic nitrogens is 1. The second kappa shape index (κ2) is 6.78. The summed E-state index contributed by atoms with van der Waals surface area (Å²) < 4.78 is 26.8. The largest absolute Gasteiger partial charge is 0.367 e. The third-order valence-corrected chi connectivity index (χ3v) is 6.18. The summed E-state index contributed by atoms with van der Waals surface area (Å²) in [5, 5.41) is 0. The van der Waals surface area contributed by atoms with Crippen molar-refractivity contribution in [1.82, 2.24) is 14.2 Å². The summed E-state index contributed by atoms with van der Waals surface area (Å²) >= 11 is 0. The summed E-state index contributed by atoms with van der Waals surface area (Å²) in [6.07, 6.45) is 3.93. The maximum Gasteiger partial charge on any atom is 0.243 e. The predicted molar refractivity (Wildman–Crippen MR) is 91.0 cm³/mol. The lowest BCUT2D eigenvalue weighted by Crippen LogP contribution is -2.50. The predicted octanol–water partition coefficient (Wildman–Crippen LogP) is 1.40. The van der Waals surface area contributed by atoms with Gasteiger partial charge in [-0.05, 0) is 30.7 Å². The molecular formula is C17H21N3O3S. The van der Waals surface area contributed by atoms with Gasteiger partial charge in [0.05, 0.1) is 11.3 Å². The zero-order valence-corrected chi connectivity index (χ0v) is 14.4.